The van der Waals surface area contributed by atoms with E-state index in [9.17, 15) is 0 Å². The number of halogens is 1. The van der Waals surface area contributed by atoms with Crippen LogP contribution in [-0.2, 0) is 0 Å². The zero-order valence-electron chi connectivity index (χ0n) is 11.3. The molecule has 0 atom stereocenters. The van der Waals surface area contributed by atoms with E-state index in [-0.39, 0.29) is 0 Å². The lowest BCUT2D eigenvalue weighted by atomic mass is 9.96. The summed E-state index contributed by atoms with van der Waals surface area (Å²) in [5, 5.41) is 3.99. The summed E-state index contributed by atoms with van der Waals surface area (Å²) in [7, 11) is 1.98. The maximum absolute atomic E-state index is 6.18. The summed E-state index contributed by atoms with van der Waals surface area (Å²) in [6.45, 7) is 0.981. The van der Waals surface area contributed by atoms with Gasteiger partial charge in [0.15, 0.2) is 0 Å². The molecule has 3 rings (SSSR count). The Morgan fingerprint density at radius 1 is 1.10 bits per heavy atom. The van der Waals surface area contributed by atoms with Gasteiger partial charge in [-0.2, -0.15) is 0 Å². The Balaban J connectivity index is 2.11. The van der Waals surface area contributed by atoms with Crippen molar-refractivity contribution >= 4 is 28.9 Å². The van der Waals surface area contributed by atoms with Gasteiger partial charge in [0.25, 0.3) is 0 Å². The first-order chi connectivity index (χ1) is 9.79. The Kier molecular flexibility index (Phi) is 4.16. The third kappa shape index (κ3) is 2.64. The molecule has 3 heteroatoms. The minimum atomic E-state index is 0.795. The van der Waals surface area contributed by atoms with Crippen LogP contribution in [0.15, 0.2) is 58.3 Å². The second-order valence-electron chi connectivity index (χ2n) is 4.75. The molecule has 0 aliphatic carbocycles. The number of fused-ring (bicyclic) bond motifs is 2. The monoisotopic (exact) mass is 301 g/mol. The van der Waals surface area contributed by atoms with Gasteiger partial charge in [0.05, 0.1) is 0 Å². The molecule has 0 saturated heterocycles. The molecule has 0 aromatic heterocycles. The SMILES string of the molecule is CNCCC=C1c2ccccc2Sc2ccc(Cl)cc21. The molecule has 1 N–H and O–H groups in total. The fourth-order valence-corrected chi connectivity index (χ4v) is 3.68. The molecule has 0 unspecified atom stereocenters. The Hall–Kier alpha value is -1.22. The average Bonchev–Trinajstić information content (AvgIpc) is 2.47. The van der Waals surface area contributed by atoms with Crippen LogP contribution in [0.5, 0.6) is 0 Å². The molecule has 2 aromatic carbocycles. The van der Waals surface area contributed by atoms with E-state index in [0.717, 1.165) is 18.0 Å². The number of hydrogen-bond acceptors (Lipinski definition) is 2. The fraction of sp³-hybridized carbons (Fsp3) is 0.176. The van der Waals surface area contributed by atoms with E-state index in [4.69, 9.17) is 11.6 Å². The third-order valence-electron chi connectivity index (χ3n) is 3.37. The van der Waals surface area contributed by atoms with Crippen molar-refractivity contribution in [3.63, 3.8) is 0 Å². The molecule has 0 fully saturated rings. The van der Waals surface area contributed by atoms with Crippen molar-refractivity contribution in [2.45, 2.75) is 16.2 Å². The molecule has 20 heavy (non-hydrogen) atoms. The van der Waals surface area contributed by atoms with Crippen molar-refractivity contribution in [1.82, 2.24) is 5.32 Å². The third-order valence-corrected chi connectivity index (χ3v) is 4.76. The molecule has 2 aromatic rings. The molecule has 0 radical (unpaired) electrons. The molecule has 1 aliphatic rings. The highest BCUT2D eigenvalue weighted by molar-refractivity contribution is 7.99. The van der Waals surface area contributed by atoms with Gasteiger partial charge < -0.3 is 5.32 Å². The Bertz CT molecular complexity index is 664. The predicted octanol–water partition coefficient (Wildman–Crippen LogP) is 4.85. The van der Waals surface area contributed by atoms with E-state index in [1.807, 2.05) is 24.9 Å². The van der Waals surface area contributed by atoms with Crippen LogP contribution in [0.3, 0.4) is 0 Å². The van der Waals surface area contributed by atoms with Gasteiger partial charge in [-0.1, -0.05) is 47.6 Å². The smallest absolute Gasteiger partial charge is 0.0412 e. The van der Waals surface area contributed by atoms with E-state index in [0.29, 0.717) is 0 Å². The topological polar surface area (TPSA) is 12.0 Å². The number of nitrogens with one attached hydrogen (secondary N) is 1. The van der Waals surface area contributed by atoms with Gasteiger partial charge in [0, 0.05) is 14.8 Å². The van der Waals surface area contributed by atoms with Gasteiger partial charge in [0.1, 0.15) is 0 Å². The number of rotatable bonds is 3. The van der Waals surface area contributed by atoms with Gasteiger partial charge >= 0.3 is 0 Å². The van der Waals surface area contributed by atoms with Crippen LogP contribution < -0.4 is 5.32 Å². The molecule has 102 valence electrons. The Labute approximate surface area is 129 Å². The van der Waals surface area contributed by atoms with E-state index in [1.54, 1.807) is 0 Å². The normalized spacial score (nSPS) is 15.0. The lowest BCUT2D eigenvalue weighted by Crippen LogP contribution is -2.07. The lowest BCUT2D eigenvalue weighted by Gasteiger charge is -2.22. The minimum Gasteiger partial charge on any atom is -0.319 e. The Morgan fingerprint density at radius 3 is 2.75 bits per heavy atom. The fourth-order valence-electron chi connectivity index (χ4n) is 2.42. The minimum absolute atomic E-state index is 0.795. The summed E-state index contributed by atoms with van der Waals surface area (Å²) in [6.07, 6.45) is 3.32. The summed E-state index contributed by atoms with van der Waals surface area (Å²) in [4.78, 5) is 2.60. The molecular formula is C17H16ClNS. The quantitative estimate of drug-likeness (QED) is 0.694. The zero-order valence-corrected chi connectivity index (χ0v) is 12.9. The summed E-state index contributed by atoms with van der Waals surface area (Å²) < 4.78 is 0. The van der Waals surface area contributed by atoms with Crippen LogP contribution in [0.25, 0.3) is 5.57 Å². The van der Waals surface area contributed by atoms with Gasteiger partial charge in [-0.25, -0.2) is 0 Å². The highest BCUT2D eigenvalue weighted by atomic mass is 35.5. The molecule has 0 spiro atoms. The molecule has 0 bridgehead atoms. The predicted molar refractivity (Wildman–Crippen MR) is 87.6 cm³/mol. The number of hydrogen-bond donors (Lipinski definition) is 1. The molecule has 1 aliphatic heterocycles. The zero-order chi connectivity index (χ0) is 13.9. The van der Waals surface area contributed by atoms with Gasteiger partial charge in [0.2, 0.25) is 0 Å². The molecule has 0 amide bonds. The van der Waals surface area contributed by atoms with Crippen molar-refractivity contribution in [3.8, 4) is 0 Å². The van der Waals surface area contributed by atoms with Crippen molar-refractivity contribution in [2.24, 2.45) is 0 Å². The first-order valence-corrected chi connectivity index (χ1v) is 7.91. The van der Waals surface area contributed by atoms with Gasteiger partial charge in [-0.3, -0.25) is 0 Å². The van der Waals surface area contributed by atoms with E-state index < -0.39 is 0 Å². The summed E-state index contributed by atoms with van der Waals surface area (Å²) in [5.41, 5.74) is 3.85. The average molecular weight is 302 g/mol. The van der Waals surface area contributed by atoms with E-state index in [2.05, 4.69) is 47.8 Å². The largest absolute Gasteiger partial charge is 0.319 e. The van der Waals surface area contributed by atoms with Crippen molar-refractivity contribution in [3.05, 3.63) is 64.7 Å². The van der Waals surface area contributed by atoms with E-state index >= 15 is 0 Å². The second-order valence-corrected chi connectivity index (χ2v) is 6.27. The summed E-state index contributed by atoms with van der Waals surface area (Å²) in [6, 6.07) is 14.7. The maximum Gasteiger partial charge on any atom is 0.0412 e. The van der Waals surface area contributed by atoms with Crippen molar-refractivity contribution in [1.29, 1.82) is 0 Å². The van der Waals surface area contributed by atoms with Crippen LogP contribution in [0.4, 0.5) is 0 Å². The first-order valence-electron chi connectivity index (χ1n) is 6.71. The van der Waals surface area contributed by atoms with Crippen LogP contribution in [0.2, 0.25) is 5.02 Å². The number of benzene rings is 2. The van der Waals surface area contributed by atoms with Crippen LogP contribution in [-0.4, -0.2) is 13.6 Å². The standard InChI is InChI=1S/C17H16ClNS/c1-19-10-4-6-13-14-5-2-3-7-16(14)20-17-9-8-12(18)11-15(13)17/h2-3,5-9,11,19H,4,10H2,1H3. The maximum atomic E-state index is 6.18. The van der Waals surface area contributed by atoms with Crippen LogP contribution >= 0.6 is 23.4 Å². The highest BCUT2D eigenvalue weighted by Crippen LogP contribution is 2.45. The lowest BCUT2D eigenvalue weighted by molar-refractivity contribution is 0.808. The summed E-state index contributed by atoms with van der Waals surface area (Å²) >= 11 is 8.00. The van der Waals surface area contributed by atoms with Crippen LogP contribution in [0.1, 0.15) is 17.5 Å². The van der Waals surface area contributed by atoms with E-state index in [1.165, 1.54) is 26.5 Å². The van der Waals surface area contributed by atoms with Crippen molar-refractivity contribution < 1.29 is 0 Å². The van der Waals surface area contributed by atoms with Crippen LogP contribution in [0, 0.1) is 0 Å². The molecular weight excluding hydrogens is 286 g/mol. The highest BCUT2D eigenvalue weighted by Gasteiger charge is 2.20. The molecule has 1 nitrogen and oxygen atoms in total. The molecule has 0 saturated carbocycles. The second kappa shape index (κ2) is 6.04. The summed E-state index contributed by atoms with van der Waals surface area (Å²) in [5.74, 6) is 0. The van der Waals surface area contributed by atoms with Gasteiger partial charge in [-0.15, -0.1) is 0 Å². The first kappa shape index (κ1) is 13.7. The van der Waals surface area contributed by atoms with Gasteiger partial charge in [-0.05, 0) is 61.0 Å². The van der Waals surface area contributed by atoms with Crippen molar-refractivity contribution in [2.75, 3.05) is 13.6 Å². The Morgan fingerprint density at radius 2 is 1.90 bits per heavy atom. The molecule has 1 heterocycles.